The number of carbonyl (C=O) groups is 5. The molecule has 0 saturated heterocycles. The molecule has 9 N–H and O–H groups in total. The lowest BCUT2D eigenvalue weighted by molar-refractivity contribution is -0.142. The van der Waals surface area contributed by atoms with Crippen molar-refractivity contribution in [2.45, 2.75) is 57.7 Å². The van der Waals surface area contributed by atoms with Gasteiger partial charge in [0.25, 0.3) is 0 Å². The molecule has 0 bridgehead atoms. The van der Waals surface area contributed by atoms with E-state index in [1.165, 1.54) is 24.3 Å². The lowest BCUT2D eigenvalue weighted by Gasteiger charge is -2.27. The summed E-state index contributed by atoms with van der Waals surface area (Å²) >= 11 is 0. The largest absolute Gasteiger partial charge is 0.508 e. The molecule has 0 aliphatic carbocycles. The van der Waals surface area contributed by atoms with Crippen LogP contribution in [0.4, 0.5) is 0 Å². The Morgan fingerprint density at radius 2 is 1.56 bits per heavy atom. The van der Waals surface area contributed by atoms with Gasteiger partial charge in [-0.15, -0.1) is 0 Å². The van der Waals surface area contributed by atoms with Crippen molar-refractivity contribution in [1.82, 2.24) is 16.0 Å². The van der Waals surface area contributed by atoms with Crippen molar-refractivity contribution in [2.24, 2.45) is 17.4 Å². The number of benzene rings is 1. The van der Waals surface area contributed by atoms with Crippen molar-refractivity contribution >= 4 is 29.6 Å². The smallest absolute Gasteiger partial charge is 0.326 e. The number of nitrogens with two attached hydrogens (primary N) is 2. The number of nitrogens with one attached hydrogen (secondary N) is 3. The number of phenols is 1. The second-order valence-corrected chi connectivity index (χ2v) is 7.97. The molecule has 4 atom stereocenters. The summed E-state index contributed by atoms with van der Waals surface area (Å²) < 4.78 is 0. The first-order valence-electron chi connectivity index (χ1n) is 10.9. The van der Waals surface area contributed by atoms with Crippen LogP contribution < -0.4 is 27.4 Å². The van der Waals surface area contributed by atoms with Gasteiger partial charge in [0, 0.05) is 12.8 Å². The van der Waals surface area contributed by atoms with Gasteiger partial charge in [-0.05, 0) is 30.0 Å². The molecule has 12 heteroatoms. The Bertz CT molecular complexity index is 875. The van der Waals surface area contributed by atoms with E-state index in [1.54, 1.807) is 6.92 Å². The summed E-state index contributed by atoms with van der Waals surface area (Å²) in [6, 6.07) is 2.20. The third-order valence-corrected chi connectivity index (χ3v) is 5.30. The van der Waals surface area contributed by atoms with Crippen molar-refractivity contribution in [2.75, 3.05) is 6.54 Å². The van der Waals surface area contributed by atoms with E-state index < -0.39 is 47.7 Å². The summed E-state index contributed by atoms with van der Waals surface area (Å²) in [5.74, 6) is -4.36. The number of aliphatic carboxylic acids is 1. The topological polar surface area (TPSA) is 214 Å². The van der Waals surface area contributed by atoms with Crippen LogP contribution in [0.15, 0.2) is 24.3 Å². The van der Waals surface area contributed by atoms with Gasteiger partial charge < -0.3 is 37.6 Å². The van der Waals surface area contributed by atoms with E-state index in [2.05, 4.69) is 16.0 Å². The zero-order valence-corrected chi connectivity index (χ0v) is 19.2. The molecule has 34 heavy (non-hydrogen) atoms. The Morgan fingerprint density at radius 3 is 2.06 bits per heavy atom. The minimum atomic E-state index is -1.34. The van der Waals surface area contributed by atoms with E-state index in [0.717, 1.165) is 0 Å². The summed E-state index contributed by atoms with van der Waals surface area (Å²) in [6.07, 6.45) is 0.0441. The number of carboxylic acids is 1. The predicted octanol–water partition coefficient (Wildman–Crippen LogP) is -1.26. The zero-order chi connectivity index (χ0) is 25.8. The molecular formula is C22H33N5O7. The van der Waals surface area contributed by atoms with Crippen LogP contribution in [0.25, 0.3) is 0 Å². The van der Waals surface area contributed by atoms with Crippen LogP contribution in [0.2, 0.25) is 0 Å². The molecule has 0 aliphatic heterocycles. The maximum Gasteiger partial charge on any atom is 0.326 e. The summed E-state index contributed by atoms with van der Waals surface area (Å²) in [4.78, 5) is 60.6. The average Bonchev–Trinajstić information content (AvgIpc) is 2.79. The molecular weight excluding hydrogens is 446 g/mol. The molecule has 0 heterocycles. The van der Waals surface area contributed by atoms with E-state index in [0.29, 0.717) is 12.0 Å². The van der Waals surface area contributed by atoms with Gasteiger partial charge in [0.1, 0.15) is 23.9 Å². The minimum Gasteiger partial charge on any atom is -0.508 e. The highest BCUT2D eigenvalue weighted by Gasteiger charge is 2.31. The number of carboxylic acid groups (broad SMARTS) is 1. The van der Waals surface area contributed by atoms with Gasteiger partial charge in [0.2, 0.25) is 23.6 Å². The average molecular weight is 480 g/mol. The van der Waals surface area contributed by atoms with Gasteiger partial charge >= 0.3 is 5.97 Å². The summed E-state index contributed by atoms with van der Waals surface area (Å²) in [6.45, 7) is 3.22. The van der Waals surface area contributed by atoms with Crippen LogP contribution in [0.1, 0.15) is 38.7 Å². The number of hydrogen-bond acceptors (Lipinski definition) is 7. The van der Waals surface area contributed by atoms with Crippen LogP contribution >= 0.6 is 0 Å². The SMILES string of the molecule is CCC(C)C(NC(=O)CN)C(=O)NC(CCC(N)=O)C(=O)NC(Cc1ccc(O)cc1)C(=O)O. The van der Waals surface area contributed by atoms with Crippen molar-refractivity contribution in [3.8, 4) is 5.75 Å². The maximum atomic E-state index is 12.9. The number of hydrogen-bond donors (Lipinski definition) is 7. The third-order valence-electron chi connectivity index (χ3n) is 5.30. The van der Waals surface area contributed by atoms with Crippen LogP contribution in [0.3, 0.4) is 0 Å². The Kier molecular flexibility index (Phi) is 11.5. The number of primary amides is 1. The molecule has 0 radical (unpaired) electrons. The van der Waals surface area contributed by atoms with E-state index in [1.807, 2.05) is 6.92 Å². The number of rotatable bonds is 14. The quantitative estimate of drug-likeness (QED) is 0.171. The van der Waals surface area contributed by atoms with E-state index in [-0.39, 0.29) is 37.5 Å². The fourth-order valence-corrected chi connectivity index (χ4v) is 3.09. The second-order valence-electron chi connectivity index (χ2n) is 7.97. The molecule has 0 saturated carbocycles. The van der Waals surface area contributed by atoms with Gasteiger partial charge in [-0.25, -0.2) is 4.79 Å². The molecule has 1 rings (SSSR count). The second kappa shape index (κ2) is 13.8. The molecule has 188 valence electrons. The lowest BCUT2D eigenvalue weighted by atomic mass is 9.97. The van der Waals surface area contributed by atoms with Gasteiger partial charge in [0.15, 0.2) is 0 Å². The third kappa shape index (κ3) is 9.45. The maximum absolute atomic E-state index is 12.9. The van der Waals surface area contributed by atoms with Crippen LogP contribution in [-0.2, 0) is 30.4 Å². The van der Waals surface area contributed by atoms with E-state index in [4.69, 9.17) is 11.5 Å². The number of aromatic hydroxyl groups is 1. The van der Waals surface area contributed by atoms with Gasteiger partial charge in [-0.2, -0.15) is 0 Å². The highest BCUT2D eigenvalue weighted by molar-refractivity contribution is 5.94. The molecule has 4 amide bonds. The summed E-state index contributed by atoms with van der Waals surface area (Å²) in [5, 5.41) is 26.3. The predicted molar refractivity (Wildman–Crippen MR) is 122 cm³/mol. The molecule has 0 fully saturated rings. The van der Waals surface area contributed by atoms with Crippen molar-refractivity contribution in [3.63, 3.8) is 0 Å². The van der Waals surface area contributed by atoms with Crippen LogP contribution in [-0.4, -0.2) is 64.5 Å². The fourth-order valence-electron chi connectivity index (χ4n) is 3.09. The molecule has 0 spiro atoms. The highest BCUT2D eigenvalue weighted by Crippen LogP contribution is 2.12. The first-order valence-corrected chi connectivity index (χ1v) is 10.9. The Labute approximate surface area is 197 Å². The molecule has 0 aromatic heterocycles. The van der Waals surface area contributed by atoms with Gasteiger partial charge in [-0.1, -0.05) is 32.4 Å². The molecule has 1 aromatic rings. The molecule has 12 nitrogen and oxygen atoms in total. The number of phenolic OH excluding ortho intramolecular Hbond substituents is 1. The normalized spacial score (nSPS) is 14.2. The minimum absolute atomic E-state index is 0.00600. The van der Waals surface area contributed by atoms with E-state index in [9.17, 15) is 34.2 Å². The van der Waals surface area contributed by atoms with E-state index >= 15 is 0 Å². The van der Waals surface area contributed by atoms with Crippen LogP contribution in [0.5, 0.6) is 5.75 Å². The Morgan fingerprint density at radius 1 is 0.971 bits per heavy atom. The summed E-state index contributed by atoms with van der Waals surface area (Å²) in [7, 11) is 0. The number of carbonyl (C=O) groups excluding carboxylic acids is 4. The first kappa shape index (κ1) is 28.4. The number of amides is 4. The van der Waals surface area contributed by atoms with Gasteiger partial charge in [0.05, 0.1) is 6.54 Å². The molecule has 0 aliphatic rings. The van der Waals surface area contributed by atoms with Crippen molar-refractivity contribution < 1.29 is 34.2 Å². The van der Waals surface area contributed by atoms with Crippen LogP contribution in [0, 0.1) is 5.92 Å². The fraction of sp³-hybridized carbons (Fsp3) is 0.500. The monoisotopic (exact) mass is 479 g/mol. The molecule has 1 aromatic carbocycles. The summed E-state index contributed by atoms with van der Waals surface area (Å²) in [5.41, 5.74) is 11.0. The Balaban J connectivity index is 3.03. The highest BCUT2D eigenvalue weighted by atomic mass is 16.4. The lowest BCUT2D eigenvalue weighted by Crippen LogP contribution is -2.58. The Hall–Kier alpha value is -3.67. The zero-order valence-electron chi connectivity index (χ0n) is 19.2. The van der Waals surface area contributed by atoms with Crippen molar-refractivity contribution in [1.29, 1.82) is 0 Å². The van der Waals surface area contributed by atoms with Gasteiger partial charge in [-0.3, -0.25) is 19.2 Å². The standard InChI is InChI=1S/C22H33N5O7/c1-3-12(2)19(27-18(30)11-23)21(32)25-15(8-9-17(24)29)20(31)26-16(22(33)34)10-13-4-6-14(28)7-5-13/h4-7,12,15-16,19,28H,3,8-11,23H2,1-2H3,(H2,24,29)(H,25,32)(H,26,31)(H,27,30)(H,33,34). The first-order chi connectivity index (χ1) is 16.0. The molecule has 4 unspecified atom stereocenters. The van der Waals surface area contributed by atoms with Crippen molar-refractivity contribution in [3.05, 3.63) is 29.8 Å².